The van der Waals surface area contributed by atoms with Crippen LogP contribution in [0.1, 0.15) is 130 Å². The Morgan fingerprint density at radius 3 is 1.73 bits per heavy atom. The molecule has 2 rings (SSSR count). The summed E-state index contributed by atoms with van der Waals surface area (Å²) < 4.78 is 0. The predicted octanol–water partition coefficient (Wildman–Crippen LogP) is 10.1. The Hall–Kier alpha value is -1.22. The van der Waals surface area contributed by atoms with Crippen molar-refractivity contribution >= 4 is 0 Å². The second kappa shape index (κ2) is 21.0. The highest BCUT2D eigenvalue weighted by Gasteiger charge is 2.27. The number of benzene rings is 1. The number of rotatable bonds is 7. The van der Waals surface area contributed by atoms with Gasteiger partial charge in [-0.3, -0.25) is 0 Å². The third-order valence-corrected chi connectivity index (χ3v) is 5.36. The third-order valence-electron chi connectivity index (χ3n) is 5.36. The van der Waals surface area contributed by atoms with Gasteiger partial charge in [0.05, 0.1) is 0 Å². The fourth-order valence-electron chi connectivity index (χ4n) is 4.27. The van der Waals surface area contributed by atoms with Crippen molar-refractivity contribution in [1.29, 1.82) is 0 Å². The van der Waals surface area contributed by atoms with Crippen LogP contribution in [0.15, 0.2) is 18.2 Å². The van der Waals surface area contributed by atoms with Crippen LogP contribution >= 0.6 is 0 Å². The molecule has 174 valence electrons. The molecule has 0 amide bonds. The van der Waals surface area contributed by atoms with E-state index in [0.29, 0.717) is 0 Å². The van der Waals surface area contributed by atoms with Crippen LogP contribution in [-0.4, -0.2) is 0 Å². The van der Waals surface area contributed by atoms with Crippen LogP contribution in [0, 0.1) is 43.4 Å². The van der Waals surface area contributed by atoms with Crippen molar-refractivity contribution in [3.05, 3.63) is 34.9 Å². The minimum atomic E-state index is 0.993. The Labute approximate surface area is 191 Å². The first kappa shape index (κ1) is 31.0. The van der Waals surface area contributed by atoms with Gasteiger partial charge in [0, 0.05) is 12.0 Å². The molecule has 30 heavy (non-hydrogen) atoms. The van der Waals surface area contributed by atoms with Crippen LogP contribution in [-0.2, 0) is 0 Å². The first-order chi connectivity index (χ1) is 14.5. The quantitative estimate of drug-likeness (QED) is 0.389. The summed E-state index contributed by atoms with van der Waals surface area (Å²) in [5.74, 6) is 9.51. The zero-order chi connectivity index (χ0) is 23.4. The van der Waals surface area contributed by atoms with E-state index >= 15 is 0 Å². The molecule has 0 atom stereocenters. The van der Waals surface area contributed by atoms with Gasteiger partial charge in [-0.1, -0.05) is 99.0 Å². The van der Waals surface area contributed by atoms with Gasteiger partial charge in [-0.2, -0.15) is 0 Å². The summed E-state index contributed by atoms with van der Waals surface area (Å²) in [5, 5.41) is 0. The van der Waals surface area contributed by atoms with Gasteiger partial charge in [0.2, 0.25) is 0 Å². The molecule has 0 heterocycles. The second-order valence-electron chi connectivity index (χ2n) is 8.55. The average Bonchev–Trinajstić information content (AvgIpc) is 2.70. The highest BCUT2D eigenvalue weighted by Crippen LogP contribution is 2.39. The van der Waals surface area contributed by atoms with Gasteiger partial charge < -0.3 is 0 Å². The molecule has 0 radical (unpaired) electrons. The number of hydrogen-bond donors (Lipinski definition) is 0. The Morgan fingerprint density at radius 2 is 1.33 bits per heavy atom. The van der Waals surface area contributed by atoms with E-state index in [4.69, 9.17) is 0 Å². The molecule has 0 bridgehead atoms. The van der Waals surface area contributed by atoms with Gasteiger partial charge in [0.25, 0.3) is 0 Å². The van der Waals surface area contributed by atoms with Crippen LogP contribution in [0.5, 0.6) is 0 Å². The molecule has 0 nitrogen and oxygen atoms in total. The molecule has 0 N–H and O–H groups in total. The molecule has 0 saturated heterocycles. The van der Waals surface area contributed by atoms with E-state index in [-0.39, 0.29) is 0 Å². The number of aryl methyl sites for hydroxylation is 2. The van der Waals surface area contributed by atoms with E-state index in [0.717, 1.165) is 36.2 Å². The topological polar surface area (TPSA) is 0 Å². The summed E-state index contributed by atoms with van der Waals surface area (Å²) in [7, 11) is 0. The van der Waals surface area contributed by atoms with E-state index in [2.05, 4.69) is 71.6 Å². The summed E-state index contributed by atoms with van der Waals surface area (Å²) in [6, 6.07) is 6.44. The van der Waals surface area contributed by atoms with Gasteiger partial charge in [0.15, 0.2) is 0 Å². The molecule has 0 unspecified atom stereocenters. The summed E-state index contributed by atoms with van der Waals surface area (Å²) in [4.78, 5) is 0. The maximum absolute atomic E-state index is 3.18. The summed E-state index contributed by atoms with van der Waals surface area (Å²) >= 11 is 0. The van der Waals surface area contributed by atoms with Crippen molar-refractivity contribution in [3.63, 3.8) is 0 Å². The zero-order valence-electron chi connectivity index (χ0n) is 22.3. The van der Waals surface area contributed by atoms with E-state index in [1.807, 2.05) is 27.7 Å². The van der Waals surface area contributed by atoms with Crippen molar-refractivity contribution in [2.75, 3.05) is 0 Å². The highest BCUT2D eigenvalue weighted by molar-refractivity contribution is 5.39. The van der Waals surface area contributed by atoms with Gasteiger partial charge in [-0.05, 0) is 80.5 Å². The second-order valence-corrected chi connectivity index (χ2v) is 8.55. The maximum atomic E-state index is 3.18. The van der Waals surface area contributed by atoms with Crippen molar-refractivity contribution in [2.45, 2.75) is 127 Å². The van der Waals surface area contributed by atoms with E-state index in [9.17, 15) is 0 Å². The molecular formula is C30H54. The van der Waals surface area contributed by atoms with Crippen LogP contribution in [0.4, 0.5) is 0 Å². The molecule has 1 aliphatic carbocycles. The van der Waals surface area contributed by atoms with Crippen LogP contribution < -0.4 is 0 Å². The van der Waals surface area contributed by atoms with Crippen molar-refractivity contribution in [3.8, 4) is 11.8 Å². The SMILES string of the molecule is CC.CC.CCCC#Cc1cc(C)cc(C)c1.CCCC(CCC)CC1CC(C)C1. The van der Waals surface area contributed by atoms with Gasteiger partial charge in [0.1, 0.15) is 0 Å². The smallest absolute Gasteiger partial charge is 0.0250 e. The molecule has 1 aromatic rings. The fraction of sp³-hybridized carbons (Fsp3) is 0.733. The average molecular weight is 415 g/mol. The van der Waals surface area contributed by atoms with Crippen molar-refractivity contribution < 1.29 is 0 Å². The summed E-state index contributed by atoms with van der Waals surface area (Å²) in [6.07, 6.45) is 12.4. The summed E-state index contributed by atoms with van der Waals surface area (Å²) in [5.41, 5.74) is 3.73. The Bertz CT molecular complexity index is 525. The lowest BCUT2D eigenvalue weighted by Crippen LogP contribution is -2.23. The molecule has 1 aromatic carbocycles. The highest BCUT2D eigenvalue weighted by atomic mass is 14.3. The predicted molar refractivity (Wildman–Crippen MR) is 140 cm³/mol. The third kappa shape index (κ3) is 15.6. The van der Waals surface area contributed by atoms with E-state index in [1.54, 1.807) is 0 Å². The monoisotopic (exact) mass is 414 g/mol. The lowest BCUT2D eigenvalue weighted by Gasteiger charge is -2.35. The number of hydrogen-bond acceptors (Lipinski definition) is 0. The first-order valence-electron chi connectivity index (χ1n) is 13.1. The number of unbranched alkanes of at least 4 members (excludes halogenated alkanes) is 1. The maximum Gasteiger partial charge on any atom is 0.0250 e. The van der Waals surface area contributed by atoms with Crippen molar-refractivity contribution in [1.82, 2.24) is 0 Å². The summed E-state index contributed by atoms with van der Waals surface area (Å²) in [6.45, 7) is 21.4. The van der Waals surface area contributed by atoms with Gasteiger partial charge >= 0.3 is 0 Å². The van der Waals surface area contributed by atoms with Crippen LogP contribution in [0.2, 0.25) is 0 Å². The largest absolute Gasteiger partial charge is 0.0979 e. The minimum Gasteiger partial charge on any atom is -0.0979 e. The first-order valence-corrected chi connectivity index (χ1v) is 13.1. The Balaban J connectivity index is 0. The van der Waals surface area contributed by atoms with Crippen molar-refractivity contribution in [2.24, 2.45) is 17.8 Å². The van der Waals surface area contributed by atoms with Crippen LogP contribution in [0.3, 0.4) is 0 Å². The van der Waals surface area contributed by atoms with Gasteiger partial charge in [-0.15, -0.1) is 0 Å². The van der Waals surface area contributed by atoms with E-state index < -0.39 is 0 Å². The molecule has 0 aromatic heterocycles. The Kier molecular flexibility index (Phi) is 21.7. The van der Waals surface area contributed by atoms with E-state index in [1.165, 1.54) is 56.1 Å². The van der Waals surface area contributed by atoms with Gasteiger partial charge in [-0.25, -0.2) is 0 Å². The van der Waals surface area contributed by atoms with Crippen LogP contribution in [0.25, 0.3) is 0 Å². The molecular weight excluding hydrogens is 360 g/mol. The normalized spacial score (nSPS) is 16.4. The molecule has 0 aliphatic heterocycles. The zero-order valence-corrected chi connectivity index (χ0v) is 22.3. The minimum absolute atomic E-state index is 0.993. The lowest BCUT2D eigenvalue weighted by molar-refractivity contribution is 0.165. The molecule has 0 heteroatoms. The molecule has 1 aliphatic rings. The lowest BCUT2D eigenvalue weighted by atomic mass is 9.71. The molecule has 0 spiro atoms. The fourth-order valence-corrected chi connectivity index (χ4v) is 4.27. The molecule has 1 saturated carbocycles. The Morgan fingerprint density at radius 1 is 0.833 bits per heavy atom. The standard InChI is InChI=1S/C13H16.C13H26.2C2H6/c1-4-5-6-7-13-9-11(2)8-12(3)10-13;1-4-6-12(7-5-2)10-13-8-11(3)9-13;2*1-2/h8-10H,4-5H2,1-3H3;11-13H,4-10H2,1-3H3;2*1-2H3. The molecule has 1 fully saturated rings.